The summed E-state index contributed by atoms with van der Waals surface area (Å²) in [4.78, 5) is 50.4. The third kappa shape index (κ3) is 4.56. The summed E-state index contributed by atoms with van der Waals surface area (Å²) in [7, 11) is 1.29. The van der Waals surface area contributed by atoms with Gasteiger partial charge in [0.25, 0.3) is 0 Å². The number of amides is 1. The number of hydrogen-bond donors (Lipinski definition) is 0. The number of aryl methyl sites for hydroxylation is 1. The fourth-order valence-electron chi connectivity index (χ4n) is 3.29. The van der Waals surface area contributed by atoms with E-state index in [2.05, 4.69) is 4.74 Å². The van der Waals surface area contributed by atoms with E-state index in [1.165, 1.54) is 18.9 Å². The number of hydrogen-bond acceptors (Lipinski definition) is 6. The third-order valence-corrected chi connectivity index (χ3v) is 5.06. The van der Waals surface area contributed by atoms with Crippen molar-refractivity contribution in [3.8, 4) is 0 Å². The zero-order valence-electron chi connectivity index (χ0n) is 17.1. The number of ketones is 1. The summed E-state index contributed by atoms with van der Waals surface area (Å²) in [6.07, 6.45) is -0.938. The van der Waals surface area contributed by atoms with Crippen molar-refractivity contribution in [1.29, 1.82) is 0 Å². The highest BCUT2D eigenvalue weighted by molar-refractivity contribution is 6.02. The van der Waals surface area contributed by atoms with E-state index in [0.29, 0.717) is 16.8 Å². The molecule has 2 aromatic rings. The zero-order chi connectivity index (χ0) is 21.8. The van der Waals surface area contributed by atoms with Gasteiger partial charge in [0.2, 0.25) is 11.7 Å². The highest BCUT2D eigenvalue weighted by Gasteiger charge is 2.37. The Bertz CT molecular complexity index is 964. The molecule has 1 amide bonds. The Morgan fingerprint density at radius 1 is 1.00 bits per heavy atom. The van der Waals surface area contributed by atoms with E-state index < -0.39 is 24.0 Å². The van der Waals surface area contributed by atoms with Gasteiger partial charge >= 0.3 is 11.9 Å². The predicted molar refractivity (Wildman–Crippen MR) is 109 cm³/mol. The second-order valence-corrected chi connectivity index (χ2v) is 7.25. The molecule has 1 fully saturated rings. The summed E-state index contributed by atoms with van der Waals surface area (Å²) in [6.45, 7) is 3.60. The zero-order valence-corrected chi connectivity index (χ0v) is 17.1. The number of Topliss-reactive ketones (excluding diaryl/α,β-unsaturated/α-hetero) is 1. The van der Waals surface area contributed by atoms with Gasteiger partial charge in [-0.05, 0) is 38.1 Å². The molecule has 3 rings (SSSR count). The monoisotopic (exact) mass is 409 g/mol. The number of nitrogens with zero attached hydrogens (tertiary/aromatic N) is 1. The molecule has 0 N–H and O–H groups in total. The van der Waals surface area contributed by atoms with Crippen molar-refractivity contribution in [2.24, 2.45) is 5.92 Å². The van der Waals surface area contributed by atoms with Gasteiger partial charge < -0.3 is 14.4 Å². The van der Waals surface area contributed by atoms with Gasteiger partial charge in [-0.3, -0.25) is 14.4 Å². The van der Waals surface area contributed by atoms with E-state index in [1.807, 2.05) is 19.1 Å². The number of ether oxygens (including phenoxy) is 2. The SMILES string of the molecule is COC(=O)c1ccc(N2C[C@H](C(=O)O[C@@H](C)C(=O)c3ccc(C)cc3)CC2=O)cc1. The summed E-state index contributed by atoms with van der Waals surface area (Å²) in [5.41, 5.74) is 2.44. The average molecular weight is 409 g/mol. The summed E-state index contributed by atoms with van der Waals surface area (Å²) >= 11 is 0. The molecule has 2 atom stereocenters. The number of anilines is 1. The minimum Gasteiger partial charge on any atom is -0.465 e. The Balaban J connectivity index is 1.62. The average Bonchev–Trinajstić information content (AvgIpc) is 3.15. The number of carbonyl (C=O) groups is 4. The molecule has 1 aliphatic rings. The van der Waals surface area contributed by atoms with E-state index in [9.17, 15) is 19.2 Å². The van der Waals surface area contributed by atoms with Gasteiger partial charge in [-0.2, -0.15) is 0 Å². The van der Waals surface area contributed by atoms with E-state index in [4.69, 9.17) is 4.74 Å². The molecule has 0 aliphatic carbocycles. The first-order chi connectivity index (χ1) is 14.3. The first kappa shape index (κ1) is 21.2. The normalized spacial score (nSPS) is 16.8. The summed E-state index contributed by atoms with van der Waals surface area (Å²) in [6, 6.07) is 13.4. The topological polar surface area (TPSA) is 90.0 Å². The predicted octanol–water partition coefficient (Wildman–Crippen LogP) is 2.95. The molecular formula is C23H23NO6. The highest BCUT2D eigenvalue weighted by atomic mass is 16.5. The Kier molecular flexibility index (Phi) is 6.30. The number of rotatable bonds is 6. The van der Waals surface area contributed by atoms with Crippen LogP contribution >= 0.6 is 0 Å². The number of esters is 2. The standard InChI is InChI=1S/C23H23NO6/c1-14-4-6-16(7-5-14)21(26)15(2)30-23(28)18-12-20(25)24(13-18)19-10-8-17(9-11-19)22(27)29-3/h4-11,15,18H,12-13H2,1-3H3/t15-,18+/m0/s1. The molecule has 0 saturated carbocycles. The van der Waals surface area contributed by atoms with E-state index in [1.54, 1.807) is 36.4 Å². The van der Waals surface area contributed by atoms with Crippen LogP contribution in [-0.4, -0.2) is 43.4 Å². The van der Waals surface area contributed by atoms with Gasteiger partial charge in [-0.15, -0.1) is 0 Å². The van der Waals surface area contributed by atoms with Crippen LogP contribution in [0.5, 0.6) is 0 Å². The van der Waals surface area contributed by atoms with Crippen molar-refractivity contribution in [3.63, 3.8) is 0 Å². The van der Waals surface area contributed by atoms with Crippen LogP contribution in [-0.2, 0) is 19.1 Å². The third-order valence-electron chi connectivity index (χ3n) is 5.06. The molecule has 7 heteroatoms. The summed E-state index contributed by atoms with van der Waals surface area (Å²) in [5, 5.41) is 0. The maximum absolute atomic E-state index is 12.5. The molecule has 0 unspecified atom stereocenters. The lowest BCUT2D eigenvalue weighted by Gasteiger charge is -2.18. The number of carbonyl (C=O) groups excluding carboxylic acids is 4. The van der Waals surface area contributed by atoms with Gasteiger partial charge in [0.1, 0.15) is 0 Å². The fourth-order valence-corrected chi connectivity index (χ4v) is 3.29. The van der Waals surface area contributed by atoms with Gasteiger partial charge in [-0.1, -0.05) is 29.8 Å². The van der Waals surface area contributed by atoms with Crippen molar-refractivity contribution in [2.75, 3.05) is 18.6 Å². The van der Waals surface area contributed by atoms with Gasteiger partial charge in [-0.25, -0.2) is 4.79 Å². The van der Waals surface area contributed by atoms with Crippen molar-refractivity contribution < 1.29 is 28.7 Å². The lowest BCUT2D eigenvalue weighted by Crippen LogP contribution is -2.30. The molecule has 1 heterocycles. The Morgan fingerprint density at radius 2 is 1.60 bits per heavy atom. The lowest BCUT2D eigenvalue weighted by molar-refractivity contribution is -0.151. The minimum atomic E-state index is -0.941. The molecular weight excluding hydrogens is 386 g/mol. The van der Waals surface area contributed by atoms with Crippen LogP contribution in [0.15, 0.2) is 48.5 Å². The Hall–Kier alpha value is -3.48. The van der Waals surface area contributed by atoms with Crippen molar-refractivity contribution >= 4 is 29.3 Å². The molecule has 1 saturated heterocycles. The van der Waals surface area contributed by atoms with Crippen LogP contribution in [0, 0.1) is 12.8 Å². The second-order valence-electron chi connectivity index (χ2n) is 7.25. The van der Waals surface area contributed by atoms with Crippen LogP contribution in [0.1, 0.15) is 39.6 Å². The first-order valence-electron chi connectivity index (χ1n) is 9.60. The quantitative estimate of drug-likeness (QED) is 0.538. The molecule has 0 radical (unpaired) electrons. The lowest BCUT2D eigenvalue weighted by atomic mass is 10.1. The molecule has 30 heavy (non-hydrogen) atoms. The van der Waals surface area contributed by atoms with E-state index in [-0.39, 0.29) is 24.7 Å². The molecule has 1 aliphatic heterocycles. The van der Waals surface area contributed by atoms with E-state index >= 15 is 0 Å². The molecule has 7 nitrogen and oxygen atoms in total. The molecule has 0 aromatic heterocycles. The Labute approximate surface area is 174 Å². The first-order valence-corrected chi connectivity index (χ1v) is 9.60. The van der Waals surface area contributed by atoms with Crippen LogP contribution in [0.3, 0.4) is 0 Å². The molecule has 156 valence electrons. The largest absolute Gasteiger partial charge is 0.465 e. The maximum atomic E-state index is 12.5. The molecule has 2 aromatic carbocycles. The number of benzene rings is 2. The summed E-state index contributed by atoms with van der Waals surface area (Å²) < 4.78 is 10.0. The molecule has 0 spiro atoms. The van der Waals surface area contributed by atoms with Crippen molar-refractivity contribution in [3.05, 3.63) is 65.2 Å². The van der Waals surface area contributed by atoms with Crippen LogP contribution in [0.25, 0.3) is 0 Å². The van der Waals surface area contributed by atoms with Gasteiger partial charge in [0.15, 0.2) is 6.10 Å². The van der Waals surface area contributed by atoms with Gasteiger partial charge in [0.05, 0.1) is 18.6 Å². The smallest absolute Gasteiger partial charge is 0.337 e. The van der Waals surface area contributed by atoms with Crippen LogP contribution in [0.2, 0.25) is 0 Å². The van der Waals surface area contributed by atoms with Crippen molar-refractivity contribution in [2.45, 2.75) is 26.4 Å². The second kappa shape index (κ2) is 8.90. The Morgan fingerprint density at radius 3 is 2.20 bits per heavy atom. The maximum Gasteiger partial charge on any atom is 0.337 e. The minimum absolute atomic E-state index is 0.00300. The van der Waals surface area contributed by atoms with Crippen LogP contribution < -0.4 is 4.90 Å². The van der Waals surface area contributed by atoms with Gasteiger partial charge in [0, 0.05) is 24.2 Å². The van der Waals surface area contributed by atoms with E-state index in [0.717, 1.165) is 5.56 Å². The molecule has 0 bridgehead atoms. The number of methoxy groups -OCH3 is 1. The highest BCUT2D eigenvalue weighted by Crippen LogP contribution is 2.27. The fraction of sp³-hybridized carbons (Fsp3) is 0.304. The summed E-state index contributed by atoms with van der Waals surface area (Å²) in [5.74, 6) is -2.22. The van der Waals surface area contributed by atoms with Crippen molar-refractivity contribution in [1.82, 2.24) is 0 Å². The van der Waals surface area contributed by atoms with Crippen LogP contribution in [0.4, 0.5) is 5.69 Å².